The summed E-state index contributed by atoms with van der Waals surface area (Å²) in [5.74, 6) is -0.738. The molecule has 0 aliphatic carbocycles. The van der Waals surface area contributed by atoms with Crippen LogP contribution in [0.3, 0.4) is 0 Å². The normalized spacial score (nSPS) is 26.9. The first-order valence-corrected chi connectivity index (χ1v) is 10.6. The minimum atomic E-state index is -0.756. The Hall–Kier alpha value is -3.19. The predicted molar refractivity (Wildman–Crippen MR) is 112 cm³/mol. The van der Waals surface area contributed by atoms with Crippen molar-refractivity contribution in [3.05, 3.63) is 65.0 Å². The van der Waals surface area contributed by atoms with E-state index >= 15 is 0 Å². The molecule has 31 heavy (non-hydrogen) atoms. The van der Waals surface area contributed by atoms with Crippen molar-refractivity contribution in [3.8, 4) is 5.75 Å². The smallest absolute Gasteiger partial charge is 0.295 e. The van der Waals surface area contributed by atoms with Gasteiger partial charge in [-0.3, -0.25) is 14.6 Å². The Morgan fingerprint density at radius 1 is 1.26 bits per heavy atom. The van der Waals surface area contributed by atoms with E-state index in [9.17, 15) is 14.7 Å². The molecule has 2 aromatic rings. The van der Waals surface area contributed by atoms with E-state index in [2.05, 4.69) is 4.98 Å². The molecule has 1 N–H and O–H groups in total. The van der Waals surface area contributed by atoms with Gasteiger partial charge in [0.1, 0.15) is 23.7 Å². The lowest BCUT2D eigenvalue weighted by Crippen LogP contribution is -2.36. The predicted octanol–water partition coefficient (Wildman–Crippen LogP) is 3.01. The molecule has 0 radical (unpaired) electrons. The third-order valence-corrected chi connectivity index (χ3v) is 6.10. The number of benzene rings is 1. The van der Waals surface area contributed by atoms with Gasteiger partial charge in [-0.05, 0) is 55.7 Å². The quantitative estimate of drug-likeness (QED) is 0.465. The molecule has 7 nitrogen and oxygen atoms in total. The van der Waals surface area contributed by atoms with Gasteiger partial charge in [0, 0.05) is 31.3 Å². The number of fused-ring (bicyclic) bond motifs is 1. The fraction of sp³-hybridized carbons (Fsp3) is 0.375. The van der Waals surface area contributed by atoms with Crippen molar-refractivity contribution >= 4 is 17.4 Å². The molecule has 1 amide bonds. The number of ether oxygens (including phenoxy) is 2. The van der Waals surface area contributed by atoms with Crippen LogP contribution < -0.4 is 4.74 Å². The van der Waals surface area contributed by atoms with E-state index in [0.717, 1.165) is 30.6 Å². The maximum absolute atomic E-state index is 13.1. The van der Waals surface area contributed by atoms with E-state index in [1.807, 2.05) is 19.1 Å². The molecule has 0 spiro atoms. The number of ketones is 1. The summed E-state index contributed by atoms with van der Waals surface area (Å²) in [6.07, 6.45) is 4.06. The maximum Gasteiger partial charge on any atom is 0.295 e. The van der Waals surface area contributed by atoms with Crippen LogP contribution in [0, 0.1) is 0 Å². The van der Waals surface area contributed by atoms with E-state index in [0.29, 0.717) is 17.9 Å². The molecule has 3 aliphatic rings. The minimum absolute atomic E-state index is 0.0635. The molecule has 0 bridgehead atoms. The zero-order chi connectivity index (χ0) is 21.5. The average molecular weight is 420 g/mol. The number of hydrogen-bond donors (Lipinski definition) is 1. The second-order valence-electron chi connectivity index (χ2n) is 8.30. The van der Waals surface area contributed by atoms with Gasteiger partial charge in [-0.25, -0.2) is 0 Å². The molecule has 1 aromatic heterocycles. The van der Waals surface area contributed by atoms with E-state index in [1.165, 1.54) is 4.90 Å². The molecule has 0 saturated carbocycles. The highest BCUT2D eigenvalue weighted by atomic mass is 16.5. The van der Waals surface area contributed by atoms with Crippen molar-refractivity contribution in [1.82, 2.24) is 9.88 Å². The molecule has 1 aromatic carbocycles. The number of hydrogen-bond acceptors (Lipinski definition) is 6. The second-order valence-corrected chi connectivity index (χ2v) is 8.30. The molecule has 3 atom stereocenters. The maximum atomic E-state index is 13.1. The largest absolute Gasteiger partial charge is 0.507 e. The SMILES string of the molecule is CC1Cc2cc(/C(O)=C3/C(=O)C(=O)N(CC4CCCO4)C3c3ccccn3)ccc2O1. The van der Waals surface area contributed by atoms with E-state index in [4.69, 9.17) is 9.47 Å². The zero-order valence-electron chi connectivity index (χ0n) is 17.3. The number of Topliss-reactive ketones (excluding diaryl/α,β-unsaturated/α-hetero) is 1. The van der Waals surface area contributed by atoms with Gasteiger partial charge < -0.3 is 19.5 Å². The van der Waals surface area contributed by atoms with Crippen LogP contribution in [0.15, 0.2) is 48.2 Å². The summed E-state index contributed by atoms with van der Waals surface area (Å²) in [4.78, 5) is 31.9. The molecule has 2 fully saturated rings. The van der Waals surface area contributed by atoms with Crippen LogP contribution in [0.5, 0.6) is 5.75 Å². The summed E-state index contributed by atoms with van der Waals surface area (Å²) in [6.45, 7) is 2.92. The van der Waals surface area contributed by atoms with Crippen molar-refractivity contribution in [2.24, 2.45) is 0 Å². The molecule has 5 rings (SSSR count). The zero-order valence-corrected chi connectivity index (χ0v) is 17.3. The number of likely N-dealkylation sites (tertiary alicyclic amines) is 1. The molecule has 160 valence electrons. The summed E-state index contributed by atoms with van der Waals surface area (Å²) in [6, 6.07) is 9.94. The lowest BCUT2D eigenvalue weighted by molar-refractivity contribution is -0.140. The highest BCUT2D eigenvalue weighted by molar-refractivity contribution is 6.46. The number of rotatable bonds is 4. The van der Waals surface area contributed by atoms with E-state index in [1.54, 1.807) is 30.5 Å². The standard InChI is InChI=1S/C24H24N2O5/c1-14-11-16-12-15(7-8-19(16)31-14)22(27)20-21(18-6-2-3-9-25-18)26(24(29)23(20)28)13-17-5-4-10-30-17/h2-3,6-9,12,14,17,21,27H,4-5,10-11,13H2,1H3/b22-20-. The Morgan fingerprint density at radius 2 is 2.13 bits per heavy atom. The monoisotopic (exact) mass is 420 g/mol. The lowest BCUT2D eigenvalue weighted by Gasteiger charge is -2.26. The highest BCUT2D eigenvalue weighted by Crippen LogP contribution is 2.40. The van der Waals surface area contributed by atoms with Crippen LogP contribution in [-0.4, -0.2) is 52.0 Å². The Balaban J connectivity index is 1.59. The van der Waals surface area contributed by atoms with Crippen LogP contribution in [0.4, 0.5) is 0 Å². The van der Waals surface area contributed by atoms with Gasteiger partial charge in [0.05, 0.1) is 17.4 Å². The number of carbonyl (C=O) groups excluding carboxylic acids is 2. The molecule has 4 heterocycles. The van der Waals surface area contributed by atoms with Crippen molar-refractivity contribution < 1.29 is 24.2 Å². The van der Waals surface area contributed by atoms with Crippen LogP contribution in [0.25, 0.3) is 5.76 Å². The minimum Gasteiger partial charge on any atom is -0.507 e. The van der Waals surface area contributed by atoms with E-state index < -0.39 is 17.7 Å². The Kier molecular flexibility index (Phi) is 4.98. The lowest BCUT2D eigenvalue weighted by atomic mass is 9.97. The molecular weight excluding hydrogens is 396 g/mol. The molecule has 3 aliphatic heterocycles. The number of aliphatic hydroxyl groups is 1. The third kappa shape index (κ3) is 3.49. The average Bonchev–Trinajstić information content (AvgIpc) is 3.48. The molecular formula is C24H24N2O5. The van der Waals surface area contributed by atoms with E-state index in [-0.39, 0.29) is 30.1 Å². The summed E-state index contributed by atoms with van der Waals surface area (Å²) >= 11 is 0. The van der Waals surface area contributed by atoms with Crippen molar-refractivity contribution in [2.45, 2.75) is 44.4 Å². The van der Waals surface area contributed by atoms with Crippen molar-refractivity contribution in [2.75, 3.05) is 13.2 Å². The van der Waals surface area contributed by atoms with Gasteiger partial charge in [0.2, 0.25) is 0 Å². The summed E-state index contributed by atoms with van der Waals surface area (Å²) < 4.78 is 11.4. The van der Waals surface area contributed by atoms with Crippen molar-refractivity contribution in [1.29, 1.82) is 0 Å². The molecule has 2 saturated heterocycles. The van der Waals surface area contributed by atoms with Crippen molar-refractivity contribution in [3.63, 3.8) is 0 Å². The van der Waals surface area contributed by atoms with Gasteiger partial charge >= 0.3 is 0 Å². The Morgan fingerprint density at radius 3 is 2.87 bits per heavy atom. The first-order chi connectivity index (χ1) is 15.0. The number of aromatic nitrogens is 1. The molecule has 3 unspecified atom stereocenters. The van der Waals surface area contributed by atoms with Gasteiger partial charge in [-0.15, -0.1) is 0 Å². The summed E-state index contributed by atoms with van der Waals surface area (Å²) in [5.41, 5.74) is 2.07. The molecule has 7 heteroatoms. The fourth-order valence-corrected chi connectivity index (χ4v) is 4.65. The van der Waals surface area contributed by atoms with Gasteiger partial charge in [0.25, 0.3) is 11.7 Å². The first kappa shape index (κ1) is 19.8. The number of nitrogens with zero attached hydrogens (tertiary/aromatic N) is 2. The second kappa shape index (κ2) is 7.81. The number of pyridine rings is 1. The van der Waals surface area contributed by atoms with Gasteiger partial charge in [0.15, 0.2) is 0 Å². The van der Waals surface area contributed by atoms with Crippen LogP contribution in [0.1, 0.15) is 42.6 Å². The number of carbonyl (C=O) groups is 2. The van der Waals surface area contributed by atoms with Crippen LogP contribution in [-0.2, 0) is 20.7 Å². The highest BCUT2D eigenvalue weighted by Gasteiger charge is 2.47. The summed E-state index contributed by atoms with van der Waals surface area (Å²) in [5, 5.41) is 11.2. The van der Waals surface area contributed by atoms with Crippen LogP contribution >= 0.6 is 0 Å². The Labute approximate surface area is 180 Å². The van der Waals surface area contributed by atoms with Gasteiger partial charge in [-0.1, -0.05) is 6.07 Å². The number of aliphatic hydroxyl groups excluding tert-OH is 1. The number of amides is 1. The topological polar surface area (TPSA) is 89.0 Å². The summed E-state index contributed by atoms with van der Waals surface area (Å²) in [7, 11) is 0. The third-order valence-electron chi connectivity index (χ3n) is 6.10. The first-order valence-electron chi connectivity index (χ1n) is 10.6. The fourth-order valence-electron chi connectivity index (χ4n) is 4.65. The van der Waals surface area contributed by atoms with Gasteiger partial charge in [-0.2, -0.15) is 0 Å². The van der Waals surface area contributed by atoms with Crippen LogP contribution in [0.2, 0.25) is 0 Å². The Bertz CT molecular complexity index is 1060.